The van der Waals surface area contributed by atoms with Gasteiger partial charge in [0, 0.05) is 12.1 Å². The van der Waals surface area contributed by atoms with Crippen molar-refractivity contribution >= 4 is 80.4 Å². The van der Waals surface area contributed by atoms with Gasteiger partial charge in [-0.05, 0) is 92.7 Å². The standard InChI is InChI=1S/C23H12ClFI2N2O5/c24-17-6-5-15(29(31)32)10-16(17)22-28-20(23(30)34-22)9-13-7-18(26)21(19(27)8-13)33-11-12-1-3-14(25)4-2-12/h1-10H,11H2/b20-9-. The number of carbonyl (C=O) groups is 1. The number of rotatable bonds is 6. The Bertz CT molecular complexity index is 1350. The molecule has 3 aromatic carbocycles. The van der Waals surface area contributed by atoms with Crippen LogP contribution in [0.25, 0.3) is 6.08 Å². The Balaban J connectivity index is 1.58. The summed E-state index contributed by atoms with van der Waals surface area (Å²) in [5.41, 5.74) is 1.50. The van der Waals surface area contributed by atoms with Crippen LogP contribution in [-0.4, -0.2) is 16.8 Å². The Morgan fingerprint density at radius 3 is 2.44 bits per heavy atom. The first-order valence-corrected chi connectivity index (χ1v) is 12.1. The zero-order chi connectivity index (χ0) is 24.4. The normalized spacial score (nSPS) is 14.2. The van der Waals surface area contributed by atoms with Crippen molar-refractivity contribution in [2.75, 3.05) is 0 Å². The van der Waals surface area contributed by atoms with Gasteiger partial charge in [-0.1, -0.05) is 23.7 Å². The zero-order valence-corrected chi connectivity index (χ0v) is 22.0. The molecule has 0 aliphatic carbocycles. The van der Waals surface area contributed by atoms with E-state index in [1.807, 2.05) is 12.1 Å². The number of hydrogen-bond acceptors (Lipinski definition) is 6. The summed E-state index contributed by atoms with van der Waals surface area (Å²) in [4.78, 5) is 27.1. The molecular formula is C23H12ClFI2N2O5. The van der Waals surface area contributed by atoms with E-state index in [9.17, 15) is 19.3 Å². The van der Waals surface area contributed by atoms with Crippen LogP contribution in [0.1, 0.15) is 16.7 Å². The summed E-state index contributed by atoms with van der Waals surface area (Å²) in [7, 11) is 0. The molecule has 7 nitrogen and oxygen atoms in total. The summed E-state index contributed by atoms with van der Waals surface area (Å²) < 4.78 is 25.8. The lowest BCUT2D eigenvalue weighted by molar-refractivity contribution is -0.384. The van der Waals surface area contributed by atoms with Gasteiger partial charge in [0.2, 0.25) is 5.90 Å². The number of benzene rings is 3. The zero-order valence-electron chi connectivity index (χ0n) is 16.9. The summed E-state index contributed by atoms with van der Waals surface area (Å²) in [6, 6.07) is 13.5. The molecule has 0 unspecified atom stereocenters. The molecule has 0 saturated carbocycles. The summed E-state index contributed by atoms with van der Waals surface area (Å²) in [5.74, 6) is -0.448. The molecule has 34 heavy (non-hydrogen) atoms. The lowest BCUT2D eigenvalue weighted by Crippen LogP contribution is -2.06. The third kappa shape index (κ3) is 5.55. The second-order valence-electron chi connectivity index (χ2n) is 6.99. The van der Waals surface area contributed by atoms with Crippen molar-refractivity contribution in [2.45, 2.75) is 6.61 Å². The van der Waals surface area contributed by atoms with E-state index in [4.69, 9.17) is 21.1 Å². The van der Waals surface area contributed by atoms with Gasteiger partial charge in [-0.15, -0.1) is 0 Å². The summed E-state index contributed by atoms with van der Waals surface area (Å²) >= 11 is 10.4. The maximum absolute atomic E-state index is 13.1. The molecule has 0 atom stereocenters. The fourth-order valence-corrected chi connectivity index (χ4v) is 5.34. The number of cyclic esters (lactones) is 1. The van der Waals surface area contributed by atoms with Crippen LogP contribution in [0.3, 0.4) is 0 Å². The second-order valence-corrected chi connectivity index (χ2v) is 9.72. The molecule has 3 aromatic rings. The van der Waals surface area contributed by atoms with Crippen molar-refractivity contribution in [3.63, 3.8) is 0 Å². The first-order chi connectivity index (χ1) is 16.2. The van der Waals surface area contributed by atoms with Crippen LogP contribution in [0, 0.1) is 23.1 Å². The van der Waals surface area contributed by atoms with E-state index in [-0.39, 0.29) is 40.3 Å². The lowest BCUT2D eigenvalue weighted by atomic mass is 10.2. The van der Waals surface area contributed by atoms with Crippen LogP contribution in [0.15, 0.2) is 65.3 Å². The predicted octanol–water partition coefficient (Wildman–Crippen LogP) is 6.52. The van der Waals surface area contributed by atoms with E-state index in [0.29, 0.717) is 11.3 Å². The molecule has 1 aliphatic heterocycles. The lowest BCUT2D eigenvalue weighted by Gasteiger charge is -2.11. The van der Waals surface area contributed by atoms with E-state index in [0.717, 1.165) is 12.7 Å². The van der Waals surface area contributed by atoms with Gasteiger partial charge in [-0.2, -0.15) is 0 Å². The van der Waals surface area contributed by atoms with Gasteiger partial charge in [0.15, 0.2) is 5.70 Å². The fourth-order valence-electron chi connectivity index (χ4n) is 3.01. The van der Waals surface area contributed by atoms with E-state index >= 15 is 0 Å². The molecule has 0 saturated heterocycles. The molecule has 0 bridgehead atoms. The summed E-state index contributed by atoms with van der Waals surface area (Å²) in [6.07, 6.45) is 1.55. The highest BCUT2D eigenvalue weighted by atomic mass is 127. The van der Waals surface area contributed by atoms with Gasteiger partial charge in [-0.25, -0.2) is 14.2 Å². The van der Waals surface area contributed by atoms with Gasteiger partial charge < -0.3 is 9.47 Å². The number of hydrogen-bond donors (Lipinski definition) is 0. The molecule has 11 heteroatoms. The van der Waals surface area contributed by atoms with Gasteiger partial charge in [0.05, 0.1) is 22.6 Å². The molecule has 1 heterocycles. The van der Waals surface area contributed by atoms with E-state index in [1.165, 1.54) is 30.3 Å². The Morgan fingerprint density at radius 2 is 1.79 bits per heavy atom. The number of nitro groups is 1. The molecular weight excluding hydrogens is 693 g/mol. The number of halogens is 4. The topological polar surface area (TPSA) is 91.0 Å². The third-order valence-electron chi connectivity index (χ3n) is 4.63. The summed E-state index contributed by atoms with van der Waals surface area (Å²) in [5, 5.41) is 11.2. The number of aliphatic imine (C=N–C) groups is 1. The number of ether oxygens (including phenoxy) is 2. The average Bonchev–Trinajstić information content (AvgIpc) is 3.14. The van der Waals surface area contributed by atoms with Crippen molar-refractivity contribution in [3.05, 3.63) is 105 Å². The maximum Gasteiger partial charge on any atom is 0.363 e. The van der Waals surface area contributed by atoms with Crippen LogP contribution >= 0.6 is 56.8 Å². The molecule has 0 spiro atoms. The highest BCUT2D eigenvalue weighted by molar-refractivity contribution is 14.1. The van der Waals surface area contributed by atoms with E-state index in [1.54, 1.807) is 18.2 Å². The number of non-ortho nitro benzene ring substituents is 1. The molecule has 0 N–H and O–H groups in total. The molecule has 1 aliphatic rings. The van der Waals surface area contributed by atoms with Crippen molar-refractivity contribution in [1.29, 1.82) is 0 Å². The maximum atomic E-state index is 13.1. The van der Waals surface area contributed by atoms with Crippen LogP contribution in [0.4, 0.5) is 10.1 Å². The van der Waals surface area contributed by atoms with Crippen LogP contribution in [0.5, 0.6) is 5.75 Å². The molecule has 0 amide bonds. The molecule has 0 aromatic heterocycles. The smallest absolute Gasteiger partial charge is 0.363 e. The number of esters is 1. The molecule has 172 valence electrons. The Labute approximate surface area is 225 Å². The van der Waals surface area contributed by atoms with Crippen molar-refractivity contribution < 1.29 is 23.6 Å². The largest absolute Gasteiger partial charge is 0.487 e. The van der Waals surface area contributed by atoms with E-state index < -0.39 is 10.9 Å². The quantitative estimate of drug-likeness (QED) is 0.0959. The number of nitro benzene ring substituents is 1. The number of carbonyl (C=O) groups excluding carboxylic acids is 1. The van der Waals surface area contributed by atoms with Crippen LogP contribution in [-0.2, 0) is 16.1 Å². The second kappa shape index (κ2) is 10.4. The van der Waals surface area contributed by atoms with Crippen LogP contribution in [0.2, 0.25) is 5.02 Å². The Morgan fingerprint density at radius 1 is 1.12 bits per heavy atom. The monoisotopic (exact) mass is 704 g/mol. The van der Waals surface area contributed by atoms with Crippen molar-refractivity contribution in [1.82, 2.24) is 0 Å². The third-order valence-corrected chi connectivity index (χ3v) is 6.56. The highest BCUT2D eigenvalue weighted by Crippen LogP contribution is 2.32. The van der Waals surface area contributed by atoms with Gasteiger partial charge in [0.25, 0.3) is 5.69 Å². The first kappa shape index (κ1) is 24.5. The van der Waals surface area contributed by atoms with E-state index in [2.05, 4.69) is 50.2 Å². The number of nitrogens with zero attached hydrogens (tertiary/aromatic N) is 2. The van der Waals surface area contributed by atoms with Crippen molar-refractivity contribution in [2.24, 2.45) is 4.99 Å². The highest BCUT2D eigenvalue weighted by Gasteiger charge is 2.27. The summed E-state index contributed by atoms with van der Waals surface area (Å²) in [6.45, 7) is 0.274. The van der Waals surface area contributed by atoms with Gasteiger partial charge in [0.1, 0.15) is 18.2 Å². The first-order valence-electron chi connectivity index (χ1n) is 9.54. The minimum Gasteiger partial charge on any atom is -0.487 e. The van der Waals surface area contributed by atoms with Crippen molar-refractivity contribution in [3.8, 4) is 5.75 Å². The predicted molar refractivity (Wildman–Crippen MR) is 141 cm³/mol. The Hall–Kier alpha value is -2.58. The Kier molecular flexibility index (Phi) is 7.48. The minimum atomic E-state index is -0.695. The van der Waals surface area contributed by atoms with Gasteiger partial charge >= 0.3 is 5.97 Å². The average molecular weight is 705 g/mol. The molecule has 4 rings (SSSR count). The minimum absolute atomic E-state index is 0.0316. The fraction of sp³-hybridized carbons (Fsp3) is 0.0435. The molecule has 0 fully saturated rings. The molecule has 0 radical (unpaired) electrons. The van der Waals surface area contributed by atoms with Gasteiger partial charge in [-0.3, -0.25) is 10.1 Å². The van der Waals surface area contributed by atoms with Crippen LogP contribution < -0.4 is 4.74 Å². The SMILES string of the molecule is O=C1OC(c2cc([N+](=O)[O-])ccc2Cl)=N/C1=C\c1cc(I)c(OCc2ccc(F)cc2)c(I)c1.